The van der Waals surface area contributed by atoms with Gasteiger partial charge in [-0.15, -0.1) is 0 Å². The van der Waals surface area contributed by atoms with Gasteiger partial charge in [0.05, 0.1) is 32.0 Å². The van der Waals surface area contributed by atoms with Crippen molar-refractivity contribution in [2.45, 2.75) is 485 Å². The number of ether oxygens (including phenoxy) is 4. The number of allylic oxidation sites excluding steroid dienone is 5. The van der Waals surface area contributed by atoms with Crippen LogP contribution in [0.2, 0.25) is 0 Å². The summed E-state index contributed by atoms with van der Waals surface area (Å²) in [7, 11) is 0. The van der Waals surface area contributed by atoms with Crippen LogP contribution in [0.1, 0.15) is 412 Å². The van der Waals surface area contributed by atoms with Crippen LogP contribution in [0.15, 0.2) is 36.5 Å². The van der Waals surface area contributed by atoms with Gasteiger partial charge in [-0.25, -0.2) is 0 Å². The molecule has 0 aromatic carbocycles. The number of unbranched alkanes of at least 4 members (excludes halogenated alkanes) is 57. The monoisotopic (exact) mass is 1420 g/mol. The van der Waals surface area contributed by atoms with Crippen LogP contribution in [0.3, 0.4) is 0 Å². The molecule has 0 aliphatic carbocycles. The lowest BCUT2D eigenvalue weighted by Crippen LogP contribution is -2.65. The highest BCUT2D eigenvalue weighted by Crippen LogP contribution is 2.31. The van der Waals surface area contributed by atoms with E-state index < -0.39 is 86.8 Å². The maximum absolute atomic E-state index is 13.4. The van der Waals surface area contributed by atoms with Crippen molar-refractivity contribution in [3.8, 4) is 0 Å². The molecule has 2 aliphatic heterocycles. The van der Waals surface area contributed by atoms with Gasteiger partial charge in [-0.05, 0) is 57.8 Å². The van der Waals surface area contributed by atoms with Crippen molar-refractivity contribution >= 4 is 5.91 Å². The summed E-state index contributed by atoms with van der Waals surface area (Å²) in [5.41, 5.74) is 0. The molecule has 2 aliphatic rings. The minimum Gasteiger partial charge on any atom is -0.394 e. The molecule has 2 saturated heterocycles. The number of aliphatic hydroxyl groups excluding tert-OH is 8. The minimum absolute atomic E-state index is 0.240. The van der Waals surface area contributed by atoms with Crippen molar-refractivity contribution in [1.82, 2.24) is 5.32 Å². The average molecular weight is 1420 g/mol. The molecule has 0 bridgehead atoms. The van der Waals surface area contributed by atoms with E-state index in [0.717, 1.165) is 32.1 Å². The van der Waals surface area contributed by atoms with E-state index in [4.69, 9.17) is 18.9 Å². The van der Waals surface area contributed by atoms with E-state index in [0.29, 0.717) is 12.8 Å². The second-order valence-corrected chi connectivity index (χ2v) is 30.7. The van der Waals surface area contributed by atoms with E-state index in [2.05, 4.69) is 43.5 Å². The van der Waals surface area contributed by atoms with Crippen LogP contribution in [0.25, 0.3) is 0 Å². The van der Waals surface area contributed by atoms with Gasteiger partial charge >= 0.3 is 0 Å². The molecule has 2 heterocycles. The molecule has 14 nitrogen and oxygen atoms in total. The van der Waals surface area contributed by atoms with Crippen LogP contribution in [0, 0.1) is 0 Å². The molecule has 0 aromatic rings. The lowest BCUT2D eigenvalue weighted by atomic mass is 9.97. The van der Waals surface area contributed by atoms with Crippen molar-refractivity contribution < 1.29 is 64.6 Å². The number of carbonyl (C=O) groups excluding carboxylic acids is 1. The normalized spacial score (nSPS) is 21.9. The maximum Gasteiger partial charge on any atom is 0.220 e. The quantitative estimate of drug-likeness (QED) is 0.0204. The Morgan fingerprint density at radius 1 is 0.350 bits per heavy atom. The molecule has 9 N–H and O–H groups in total. The first kappa shape index (κ1) is 94.3. The zero-order chi connectivity index (χ0) is 72.2. The van der Waals surface area contributed by atoms with Gasteiger partial charge < -0.3 is 65.1 Å². The summed E-state index contributed by atoms with van der Waals surface area (Å²) < 4.78 is 22.9. The highest BCUT2D eigenvalue weighted by molar-refractivity contribution is 5.76. The van der Waals surface area contributed by atoms with E-state index in [9.17, 15) is 45.6 Å². The van der Waals surface area contributed by atoms with Crippen LogP contribution < -0.4 is 5.32 Å². The largest absolute Gasteiger partial charge is 0.394 e. The molecule has 1 amide bonds. The highest BCUT2D eigenvalue weighted by atomic mass is 16.7. The first-order valence-corrected chi connectivity index (χ1v) is 43.2. The lowest BCUT2D eigenvalue weighted by molar-refractivity contribution is -0.359. The molecule has 2 rings (SSSR count). The molecular weight excluding hydrogens is 1250 g/mol. The number of hydrogen-bond acceptors (Lipinski definition) is 13. The summed E-state index contributed by atoms with van der Waals surface area (Å²) in [5.74, 6) is -0.240. The summed E-state index contributed by atoms with van der Waals surface area (Å²) in [6.45, 7) is 2.85. The Hall–Kier alpha value is -1.79. The second kappa shape index (κ2) is 70.2. The Labute approximate surface area is 614 Å². The summed E-state index contributed by atoms with van der Waals surface area (Å²) in [5, 5.41) is 87.7. The summed E-state index contributed by atoms with van der Waals surface area (Å²) in [6, 6.07) is -0.932. The van der Waals surface area contributed by atoms with Crippen LogP contribution in [-0.4, -0.2) is 140 Å². The smallest absolute Gasteiger partial charge is 0.220 e. The van der Waals surface area contributed by atoms with Crippen LogP contribution in [0.4, 0.5) is 0 Å². The first-order chi connectivity index (χ1) is 49.1. The first-order valence-electron chi connectivity index (χ1n) is 43.2. The zero-order valence-corrected chi connectivity index (χ0v) is 65.0. The molecule has 0 spiro atoms. The van der Waals surface area contributed by atoms with Crippen molar-refractivity contribution in [1.29, 1.82) is 0 Å². The average Bonchev–Trinajstić information content (AvgIpc) is 0.791. The Morgan fingerprint density at radius 3 is 0.980 bits per heavy atom. The number of nitrogens with one attached hydrogen (secondary N) is 1. The van der Waals surface area contributed by atoms with Gasteiger partial charge in [-0.2, -0.15) is 0 Å². The second-order valence-electron chi connectivity index (χ2n) is 30.7. The third-order valence-corrected chi connectivity index (χ3v) is 21.3. The van der Waals surface area contributed by atoms with E-state index in [1.54, 1.807) is 6.08 Å². The van der Waals surface area contributed by atoms with E-state index in [1.165, 1.54) is 347 Å². The lowest BCUT2D eigenvalue weighted by Gasteiger charge is -2.46. The Balaban J connectivity index is 1.56. The van der Waals surface area contributed by atoms with Gasteiger partial charge in [0.15, 0.2) is 12.6 Å². The van der Waals surface area contributed by atoms with Gasteiger partial charge in [-0.3, -0.25) is 4.79 Å². The third-order valence-electron chi connectivity index (χ3n) is 21.3. The zero-order valence-electron chi connectivity index (χ0n) is 65.0. The van der Waals surface area contributed by atoms with E-state index in [1.807, 2.05) is 6.08 Å². The van der Waals surface area contributed by atoms with E-state index in [-0.39, 0.29) is 18.9 Å². The van der Waals surface area contributed by atoms with Crippen LogP contribution in [-0.2, 0) is 23.7 Å². The predicted octanol–water partition coefficient (Wildman–Crippen LogP) is 20.4. The maximum atomic E-state index is 13.4. The van der Waals surface area contributed by atoms with Gasteiger partial charge in [0.2, 0.25) is 5.91 Å². The molecule has 2 fully saturated rings. The number of carbonyl (C=O) groups is 1. The number of rotatable bonds is 74. The van der Waals surface area contributed by atoms with Gasteiger partial charge in [0.25, 0.3) is 0 Å². The van der Waals surface area contributed by atoms with Crippen molar-refractivity contribution in [2.24, 2.45) is 0 Å². The molecule has 0 saturated carbocycles. The Kier molecular flexibility index (Phi) is 66.2. The molecule has 0 radical (unpaired) electrons. The topological polar surface area (TPSA) is 228 Å². The predicted molar refractivity (Wildman–Crippen MR) is 415 cm³/mol. The van der Waals surface area contributed by atoms with E-state index >= 15 is 0 Å². The van der Waals surface area contributed by atoms with Crippen molar-refractivity contribution in [3.63, 3.8) is 0 Å². The van der Waals surface area contributed by atoms with Crippen molar-refractivity contribution in [2.75, 3.05) is 19.8 Å². The van der Waals surface area contributed by atoms with Gasteiger partial charge in [0.1, 0.15) is 48.8 Å². The summed E-state index contributed by atoms with van der Waals surface area (Å²) in [6.07, 6.45) is 77.0. The fourth-order valence-electron chi connectivity index (χ4n) is 14.5. The standard InChI is InChI=1S/C86H163NO13/c1-3-5-7-9-11-13-15-17-19-21-23-25-27-29-30-31-32-33-34-35-36-37-38-39-40-41-42-43-44-46-48-50-52-54-56-58-60-62-64-66-68-70-78(91)87-74(73-97-85-83(96)81(94)84(77(72-89)99-85)100-86-82(95)80(93)79(92)76(71-88)98-86)75(90)69-67-65-63-61-59-57-55-53-51-49-47-45-28-26-24-22-20-18-16-14-12-10-8-6-4-2/h21,23,59,61,67,69,74-77,79-86,88-90,92-96H,3-20,22,24-58,60,62-66,68,70-73H2,1-2H3,(H,87,91)/b23-21-,61-59+,69-67+. The number of hydrogen-bond donors (Lipinski definition) is 9. The minimum atomic E-state index is -1.79. The summed E-state index contributed by atoms with van der Waals surface area (Å²) in [4.78, 5) is 13.4. The number of aliphatic hydroxyl groups is 8. The SMILES string of the molecule is CCCCCCCCCC/C=C\CCCCCCCCCCCCCCCCCCCCCCCCCCCCCCCC(=O)NC(COC1OC(CO)C(OC2OC(CO)C(O)C(O)C2O)C(O)C1O)C(O)/C=C/CC/C=C/CCCCCCCCCCCCCCCCCCCCC. The fourth-order valence-corrected chi connectivity index (χ4v) is 14.5. The fraction of sp³-hybridized carbons (Fsp3) is 0.919. The van der Waals surface area contributed by atoms with Gasteiger partial charge in [-0.1, -0.05) is 384 Å². The van der Waals surface area contributed by atoms with Crippen molar-refractivity contribution in [3.05, 3.63) is 36.5 Å². The molecule has 14 heteroatoms. The van der Waals surface area contributed by atoms with Gasteiger partial charge in [0, 0.05) is 6.42 Å². The number of amides is 1. The molecule has 12 unspecified atom stereocenters. The molecule has 100 heavy (non-hydrogen) atoms. The third kappa shape index (κ3) is 52.2. The molecule has 12 atom stereocenters. The van der Waals surface area contributed by atoms with Crippen LogP contribution in [0.5, 0.6) is 0 Å². The van der Waals surface area contributed by atoms with Crippen LogP contribution >= 0.6 is 0 Å². The summed E-state index contributed by atoms with van der Waals surface area (Å²) >= 11 is 0. The highest BCUT2D eigenvalue weighted by Gasteiger charge is 2.51. The molecular formula is C86H163NO13. The Bertz CT molecular complexity index is 1820. The molecule has 590 valence electrons. The Morgan fingerprint density at radius 2 is 0.640 bits per heavy atom. The molecule has 0 aromatic heterocycles.